The lowest BCUT2D eigenvalue weighted by Gasteiger charge is -2.17. The van der Waals surface area contributed by atoms with Gasteiger partial charge in [0.25, 0.3) is 0 Å². The Balaban J connectivity index is 1.53. The number of hydrogen-bond donors (Lipinski definition) is 1. The number of benzene rings is 2. The van der Waals surface area contributed by atoms with Crippen molar-refractivity contribution in [1.82, 2.24) is 10.2 Å². The number of carbonyl (C=O) groups is 2. The number of nitrogens with zero attached hydrogens (tertiary/aromatic N) is 1. The molecule has 3 rings (SSSR count). The van der Waals surface area contributed by atoms with Gasteiger partial charge in [-0.25, -0.2) is 8.78 Å². The van der Waals surface area contributed by atoms with Crippen molar-refractivity contribution < 1.29 is 18.4 Å². The first-order chi connectivity index (χ1) is 12.0. The lowest BCUT2D eigenvalue weighted by molar-refractivity contribution is -0.132. The van der Waals surface area contributed by atoms with Crippen LogP contribution in [0.1, 0.15) is 17.5 Å². The predicted molar refractivity (Wildman–Crippen MR) is 88.5 cm³/mol. The topological polar surface area (TPSA) is 49.4 Å². The lowest BCUT2D eigenvalue weighted by atomic mass is 10.1. The van der Waals surface area contributed by atoms with Crippen molar-refractivity contribution >= 4 is 11.8 Å². The van der Waals surface area contributed by atoms with Crippen LogP contribution in [0.4, 0.5) is 8.78 Å². The zero-order chi connectivity index (χ0) is 17.8. The number of nitrogens with one attached hydrogen (secondary N) is 1. The fraction of sp³-hybridized carbons (Fsp3) is 0.263. The molecular weight excluding hydrogens is 326 g/mol. The van der Waals surface area contributed by atoms with Crippen molar-refractivity contribution in [2.24, 2.45) is 0 Å². The second-order valence-electron chi connectivity index (χ2n) is 6.10. The average molecular weight is 344 g/mol. The summed E-state index contributed by atoms with van der Waals surface area (Å²) in [7, 11) is 0. The first-order valence-corrected chi connectivity index (χ1v) is 8.08. The monoisotopic (exact) mass is 344 g/mol. The lowest BCUT2D eigenvalue weighted by Crippen LogP contribution is -2.41. The molecule has 1 aliphatic rings. The van der Waals surface area contributed by atoms with E-state index in [2.05, 4.69) is 5.32 Å². The Labute approximate surface area is 144 Å². The van der Waals surface area contributed by atoms with Gasteiger partial charge in [0.05, 0.1) is 6.42 Å². The van der Waals surface area contributed by atoms with E-state index in [9.17, 15) is 18.4 Å². The zero-order valence-corrected chi connectivity index (χ0v) is 13.5. The van der Waals surface area contributed by atoms with Gasteiger partial charge in [0.2, 0.25) is 11.8 Å². The maximum absolute atomic E-state index is 12.9. The molecule has 0 aliphatic carbocycles. The third-order valence-electron chi connectivity index (χ3n) is 4.20. The molecule has 2 amide bonds. The van der Waals surface area contributed by atoms with E-state index in [-0.39, 0.29) is 29.9 Å². The molecule has 2 aromatic rings. The number of amides is 2. The predicted octanol–water partition coefficient (Wildman–Crippen LogP) is 2.42. The molecule has 1 N–H and O–H groups in total. The summed E-state index contributed by atoms with van der Waals surface area (Å²) in [6.07, 6.45) is 0.636. The second-order valence-corrected chi connectivity index (χ2v) is 6.10. The van der Waals surface area contributed by atoms with Crippen molar-refractivity contribution in [2.75, 3.05) is 6.54 Å². The van der Waals surface area contributed by atoms with Crippen LogP contribution in [0.15, 0.2) is 48.5 Å². The fourth-order valence-corrected chi connectivity index (χ4v) is 2.87. The minimum Gasteiger partial charge on any atom is -0.344 e. The second kappa shape index (κ2) is 7.42. The van der Waals surface area contributed by atoms with Crippen molar-refractivity contribution in [2.45, 2.75) is 25.4 Å². The molecule has 25 heavy (non-hydrogen) atoms. The van der Waals surface area contributed by atoms with Crippen molar-refractivity contribution in [1.29, 1.82) is 0 Å². The van der Waals surface area contributed by atoms with Crippen LogP contribution in [0.5, 0.6) is 0 Å². The Kier molecular flexibility index (Phi) is 5.07. The summed E-state index contributed by atoms with van der Waals surface area (Å²) < 4.78 is 25.8. The molecule has 2 aromatic carbocycles. The van der Waals surface area contributed by atoms with Crippen molar-refractivity contribution in [3.05, 3.63) is 71.3 Å². The van der Waals surface area contributed by atoms with Gasteiger partial charge in [-0.15, -0.1) is 0 Å². The summed E-state index contributed by atoms with van der Waals surface area (Å²) in [5, 5.41) is 2.73. The summed E-state index contributed by atoms with van der Waals surface area (Å²) in [5.74, 6) is -1.08. The number of hydrogen-bond acceptors (Lipinski definition) is 2. The standard InChI is InChI=1S/C19H18F2N2O2/c20-15-5-1-13(2-6-15)11-18(24)22-17-9-10-23(19(17)25)12-14-3-7-16(21)8-4-14/h1-8,17H,9-12H2,(H,22,24). The third-order valence-corrected chi connectivity index (χ3v) is 4.20. The normalized spacial score (nSPS) is 17.0. The molecule has 1 unspecified atom stereocenters. The molecule has 130 valence electrons. The molecule has 1 atom stereocenters. The van der Waals surface area contributed by atoms with Gasteiger partial charge in [-0.2, -0.15) is 0 Å². The third kappa shape index (κ3) is 4.41. The summed E-state index contributed by atoms with van der Waals surface area (Å²) in [6, 6.07) is 11.1. The van der Waals surface area contributed by atoms with E-state index in [1.165, 1.54) is 24.3 Å². The highest BCUT2D eigenvalue weighted by Gasteiger charge is 2.32. The van der Waals surface area contributed by atoms with E-state index in [0.717, 1.165) is 5.56 Å². The minimum atomic E-state index is -0.548. The molecule has 0 radical (unpaired) electrons. The van der Waals surface area contributed by atoms with E-state index in [1.807, 2.05) is 0 Å². The van der Waals surface area contributed by atoms with Gasteiger partial charge in [-0.1, -0.05) is 24.3 Å². The van der Waals surface area contributed by atoms with Crippen LogP contribution in [0.25, 0.3) is 0 Å². The van der Waals surface area contributed by atoms with Gasteiger partial charge in [-0.3, -0.25) is 9.59 Å². The minimum absolute atomic E-state index is 0.0992. The molecule has 0 aromatic heterocycles. The number of carbonyl (C=O) groups excluding carboxylic acids is 2. The number of rotatable bonds is 5. The molecule has 4 nitrogen and oxygen atoms in total. The fourth-order valence-electron chi connectivity index (χ4n) is 2.87. The smallest absolute Gasteiger partial charge is 0.245 e. The molecule has 1 aliphatic heterocycles. The Morgan fingerprint density at radius 1 is 1.00 bits per heavy atom. The van der Waals surface area contributed by atoms with Crippen LogP contribution in [0, 0.1) is 11.6 Å². The SMILES string of the molecule is O=C(Cc1ccc(F)cc1)NC1CCN(Cc2ccc(F)cc2)C1=O. The molecular formula is C19H18F2N2O2. The quantitative estimate of drug-likeness (QED) is 0.906. The van der Waals surface area contributed by atoms with Gasteiger partial charge >= 0.3 is 0 Å². The molecule has 1 fully saturated rings. The Morgan fingerprint density at radius 3 is 2.16 bits per heavy atom. The van der Waals surface area contributed by atoms with Gasteiger partial charge in [0.15, 0.2) is 0 Å². The highest BCUT2D eigenvalue weighted by Crippen LogP contribution is 2.16. The van der Waals surface area contributed by atoms with E-state index in [4.69, 9.17) is 0 Å². The van der Waals surface area contributed by atoms with Crippen molar-refractivity contribution in [3.8, 4) is 0 Å². The number of halogens is 2. The summed E-state index contributed by atoms with van der Waals surface area (Å²) in [5.41, 5.74) is 1.53. The molecule has 1 saturated heterocycles. The Bertz CT molecular complexity index is 760. The van der Waals surface area contributed by atoms with Gasteiger partial charge in [0.1, 0.15) is 17.7 Å². The van der Waals surface area contributed by atoms with Gasteiger partial charge in [0, 0.05) is 13.1 Å². The van der Waals surface area contributed by atoms with Crippen LogP contribution in [-0.2, 0) is 22.6 Å². The van der Waals surface area contributed by atoms with Crippen LogP contribution in [0.2, 0.25) is 0 Å². The van der Waals surface area contributed by atoms with E-state index >= 15 is 0 Å². The zero-order valence-electron chi connectivity index (χ0n) is 13.5. The largest absolute Gasteiger partial charge is 0.344 e. The van der Waals surface area contributed by atoms with Crippen LogP contribution >= 0.6 is 0 Å². The highest BCUT2D eigenvalue weighted by atomic mass is 19.1. The van der Waals surface area contributed by atoms with Crippen LogP contribution in [0.3, 0.4) is 0 Å². The summed E-state index contributed by atoms with van der Waals surface area (Å²) in [6.45, 7) is 0.932. The first-order valence-electron chi connectivity index (χ1n) is 8.08. The first kappa shape index (κ1) is 17.1. The molecule has 1 heterocycles. The molecule has 6 heteroatoms. The van der Waals surface area contributed by atoms with Crippen LogP contribution in [-0.4, -0.2) is 29.3 Å². The van der Waals surface area contributed by atoms with Gasteiger partial charge < -0.3 is 10.2 Å². The Hall–Kier alpha value is -2.76. The molecule has 0 spiro atoms. The maximum atomic E-state index is 12.9. The van der Waals surface area contributed by atoms with Crippen LogP contribution < -0.4 is 5.32 Å². The van der Waals surface area contributed by atoms with Gasteiger partial charge in [-0.05, 0) is 41.8 Å². The van der Waals surface area contributed by atoms with E-state index in [1.54, 1.807) is 29.2 Å². The maximum Gasteiger partial charge on any atom is 0.245 e. The number of likely N-dealkylation sites (tertiary alicyclic amines) is 1. The summed E-state index contributed by atoms with van der Waals surface area (Å²) >= 11 is 0. The average Bonchev–Trinajstić information content (AvgIpc) is 2.92. The van der Waals surface area contributed by atoms with E-state index in [0.29, 0.717) is 25.1 Å². The van der Waals surface area contributed by atoms with E-state index < -0.39 is 6.04 Å². The van der Waals surface area contributed by atoms with Crippen molar-refractivity contribution in [3.63, 3.8) is 0 Å². The summed E-state index contributed by atoms with van der Waals surface area (Å²) in [4.78, 5) is 26.1. The molecule has 0 bridgehead atoms. The highest BCUT2D eigenvalue weighted by molar-refractivity contribution is 5.89. The Morgan fingerprint density at radius 2 is 1.56 bits per heavy atom. The molecule has 0 saturated carbocycles.